The molecule has 0 amide bonds. The van der Waals surface area contributed by atoms with Crippen molar-refractivity contribution in [3.8, 4) is 0 Å². The van der Waals surface area contributed by atoms with Gasteiger partial charge >= 0.3 is 0 Å². The Kier molecular flexibility index (Phi) is 3.17. The predicted molar refractivity (Wildman–Crippen MR) is 67.2 cm³/mol. The molecule has 0 saturated carbocycles. The molecule has 2 rings (SSSR count). The third-order valence-corrected chi connectivity index (χ3v) is 4.78. The van der Waals surface area contributed by atoms with E-state index in [0.29, 0.717) is 0 Å². The summed E-state index contributed by atoms with van der Waals surface area (Å²) in [4.78, 5) is 2.26. The molecule has 0 bridgehead atoms. The van der Waals surface area contributed by atoms with Crippen molar-refractivity contribution in [1.82, 2.24) is 0 Å². The number of halogens is 1. The molecule has 0 aliphatic heterocycles. The number of thioether (sulfide) groups is 1. The summed E-state index contributed by atoms with van der Waals surface area (Å²) in [5.74, 6) is 0. The smallest absolute Gasteiger partial charge is 0.0774 e. The second-order valence-corrected chi connectivity index (χ2v) is 5.77. The average Bonchev–Trinajstić information content (AvgIpc) is 2.58. The largest absolute Gasteiger partial charge is 0.391 e. The van der Waals surface area contributed by atoms with Crippen molar-refractivity contribution < 1.29 is 5.11 Å². The molecule has 0 atom stereocenters. The number of aliphatic hydroxyl groups is 1. The van der Waals surface area contributed by atoms with Crippen LogP contribution in [-0.2, 0) is 6.61 Å². The molecule has 0 saturated heterocycles. The Balaban J connectivity index is 2.64. The van der Waals surface area contributed by atoms with Crippen LogP contribution in [0.5, 0.6) is 0 Å². The van der Waals surface area contributed by atoms with Gasteiger partial charge < -0.3 is 5.11 Å². The lowest BCUT2D eigenvalue weighted by molar-refractivity contribution is 0.285. The highest BCUT2D eigenvalue weighted by Crippen LogP contribution is 2.34. The van der Waals surface area contributed by atoms with E-state index in [1.807, 2.05) is 6.07 Å². The van der Waals surface area contributed by atoms with Crippen molar-refractivity contribution in [2.24, 2.45) is 0 Å². The molecule has 14 heavy (non-hydrogen) atoms. The molecule has 0 radical (unpaired) electrons. The first-order chi connectivity index (χ1) is 6.74. The number of hydrogen-bond donors (Lipinski definition) is 1. The lowest BCUT2D eigenvalue weighted by Gasteiger charge is -1.99. The molecule has 2 aromatic rings. The third kappa shape index (κ3) is 1.84. The maximum absolute atomic E-state index is 9.03. The molecule has 0 aliphatic rings. The first kappa shape index (κ1) is 10.5. The van der Waals surface area contributed by atoms with Crippen LogP contribution in [0.3, 0.4) is 0 Å². The van der Waals surface area contributed by atoms with E-state index in [1.54, 1.807) is 23.1 Å². The molecule has 1 nitrogen and oxygen atoms in total. The second kappa shape index (κ2) is 4.23. The van der Waals surface area contributed by atoms with Crippen molar-refractivity contribution in [2.45, 2.75) is 11.5 Å². The molecule has 1 aromatic carbocycles. The Morgan fingerprint density at radius 3 is 2.86 bits per heavy atom. The van der Waals surface area contributed by atoms with Crippen molar-refractivity contribution in [3.05, 3.63) is 27.5 Å². The van der Waals surface area contributed by atoms with Crippen LogP contribution in [0, 0.1) is 0 Å². The Morgan fingerprint density at radius 2 is 2.21 bits per heavy atom. The first-order valence-corrected chi connectivity index (χ1v) is 6.95. The van der Waals surface area contributed by atoms with E-state index in [9.17, 15) is 0 Å². The summed E-state index contributed by atoms with van der Waals surface area (Å²) >= 11 is 6.91. The molecule has 1 heterocycles. The Morgan fingerprint density at radius 1 is 1.43 bits per heavy atom. The quantitative estimate of drug-likeness (QED) is 0.847. The normalized spacial score (nSPS) is 11.1. The molecule has 0 aliphatic carbocycles. The lowest BCUT2D eigenvalue weighted by atomic mass is 10.2. The van der Waals surface area contributed by atoms with E-state index in [2.05, 4.69) is 34.3 Å². The predicted octanol–water partition coefficient (Wildman–Crippen LogP) is 3.88. The molecule has 1 N–H and O–H groups in total. The van der Waals surface area contributed by atoms with Crippen LogP contribution >= 0.6 is 39.0 Å². The molecule has 74 valence electrons. The number of thiophene rings is 1. The van der Waals surface area contributed by atoms with Gasteiger partial charge in [0.05, 0.1) is 6.61 Å². The summed E-state index contributed by atoms with van der Waals surface area (Å²) in [6.07, 6.45) is 2.06. The summed E-state index contributed by atoms with van der Waals surface area (Å²) in [5.41, 5.74) is 0. The minimum atomic E-state index is 0.131. The molecular weight excluding hydrogens is 280 g/mol. The van der Waals surface area contributed by atoms with Crippen LogP contribution in [0.25, 0.3) is 10.1 Å². The fourth-order valence-corrected chi connectivity index (χ4v) is 3.69. The van der Waals surface area contributed by atoms with E-state index in [1.165, 1.54) is 15.0 Å². The zero-order chi connectivity index (χ0) is 10.1. The van der Waals surface area contributed by atoms with E-state index in [4.69, 9.17) is 5.11 Å². The van der Waals surface area contributed by atoms with Gasteiger partial charge in [-0.3, -0.25) is 0 Å². The fourth-order valence-electron chi connectivity index (χ4n) is 1.33. The highest BCUT2D eigenvalue weighted by molar-refractivity contribution is 9.10. The van der Waals surface area contributed by atoms with Crippen molar-refractivity contribution in [3.63, 3.8) is 0 Å². The highest BCUT2D eigenvalue weighted by atomic mass is 79.9. The van der Waals surface area contributed by atoms with Gasteiger partial charge in [-0.15, -0.1) is 23.1 Å². The van der Waals surface area contributed by atoms with Gasteiger partial charge in [-0.25, -0.2) is 0 Å². The number of rotatable bonds is 2. The van der Waals surface area contributed by atoms with Crippen LogP contribution < -0.4 is 0 Å². The Hall–Kier alpha value is -0.0300. The summed E-state index contributed by atoms with van der Waals surface area (Å²) in [7, 11) is 0. The second-order valence-electron chi connectivity index (χ2n) is 2.90. The molecule has 0 spiro atoms. The standard InChI is InChI=1S/C10H9BrOS2/c1-13-10-4-9-6(3-8(10)11)2-7(5-12)14-9/h2-4,12H,5H2,1H3. The fraction of sp³-hybridized carbons (Fsp3) is 0.200. The van der Waals surface area contributed by atoms with Crippen LogP contribution in [0.2, 0.25) is 0 Å². The van der Waals surface area contributed by atoms with Crippen molar-refractivity contribution >= 4 is 49.1 Å². The number of hydrogen-bond acceptors (Lipinski definition) is 3. The third-order valence-electron chi connectivity index (χ3n) is 2.00. The number of aliphatic hydroxyl groups excluding tert-OH is 1. The minimum Gasteiger partial charge on any atom is -0.391 e. The topological polar surface area (TPSA) is 20.2 Å². The molecule has 0 unspecified atom stereocenters. The van der Waals surface area contributed by atoms with Crippen LogP contribution in [0.1, 0.15) is 4.88 Å². The van der Waals surface area contributed by atoms with Crippen LogP contribution in [0.4, 0.5) is 0 Å². The highest BCUT2D eigenvalue weighted by Gasteiger charge is 2.05. The summed E-state index contributed by atoms with van der Waals surface area (Å²) in [6, 6.07) is 6.31. The summed E-state index contributed by atoms with van der Waals surface area (Å²) < 4.78 is 2.36. The van der Waals surface area contributed by atoms with Gasteiger partial charge in [-0.1, -0.05) is 0 Å². The zero-order valence-electron chi connectivity index (χ0n) is 7.58. The molecule has 1 aromatic heterocycles. The van der Waals surface area contributed by atoms with Gasteiger partial charge in [-0.05, 0) is 45.8 Å². The van der Waals surface area contributed by atoms with Crippen LogP contribution in [-0.4, -0.2) is 11.4 Å². The van der Waals surface area contributed by atoms with E-state index >= 15 is 0 Å². The van der Waals surface area contributed by atoms with Gasteiger partial charge in [0.2, 0.25) is 0 Å². The van der Waals surface area contributed by atoms with Crippen molar-refractivity contribution in [2.75, 3.05) is 6.26 Å². The molecule has 4 heteroatoms. The summed E-state index contributed by atoms with van der Waals surface area (Å²) in [6.45, 7) is 0.131. The van der Waals surface area contributed by atoms with Gasteiger partial charge in [0, 0.05) is 18.9 Å². The van der Waals surface area contributed by atoms with E-state index < -0.39 is 0 Å². The first-order valence-electron chi connectivity index (χ1n) is 4.11. The van der Waals surface area contributed by atoms with Gasteiger partial charge in [0.25, 0.3) is 0 Å². The molecular formula is C10H9BrOS2. The maximum atomic E-state index is 9.03. The van der Waals surface area contributed by atoms with Gasteiger partial charge in [0.1, 0.15) is 0 Å². The number of fused-ring (bicyclic) bond motifs is 1. The Bertz CT molecular complexity index is 464. The number of benzene rings is 1. The van der Waals surface area contributed by atoms with Gasteiger partial charge in [-0.2, -0.15) is 0 Å². The van der Waals surface area contributed by atoms with Crippen LogP contribution in [0.15, 0.2) is 27.6 Å². The van der Waals surface area contributed by atoms with E-state index in [-0.39, 0.29) is 6.61 Å². The SMILES string of the molecule is CSc1cc2sc(CO)cc2cc1Br. The average molecular weight is 289 g/mol. The lowest BCUT2D eigenvalue weighted by Crippen LogP contribution is -1.72. The maximum Gasteiger partial charge on any atom is 0.0774 e. The minimum absolute atomic E-state index is 0.131. The monoisotopic (exact) mass is 288 g/mol. The van der Waals surface area contributed by atoms with E-state index in [0.717, 1.165) is 9.35 Å². The molecule has 0 fully saturated rings. The zero-order valence-corrected chi connectivity index (χ0v) is 10.8. The van der Waals surface area contributed by atoms with Gasteiger partial charge in [0.15, 0.2) is 0 Å². The van der Waals surface area contributed by atoms with Crippen molar-refractivity contribution in [1.29, 1.82) is 0 Å². The Labute approximate surface area is 99.3 Å². The summed E-state index contributed by atoms with van der Waals surface area (Å²) in [5, 5.41) is 10.2.